The highest BCUT2D eigenvalue weighted by Gasteiger charge is 2.20. The summed E-state index contributed by atoms with van der Waals surface area (Å²) in [6, 6.07) is 11.4. The van der Waals surface area contributed by atoms with Crippen LogP contribution >= 0.6 is 11.3 Å². The van der Waals surface area contributed by atoms with Gasteiger partial charge in [0.2, 0.25) is 0 Å². The lowest BCUT2D eigenvalue weighted by atomic mass is 10.1. The van der Waals surface area contributed by atoms with E-state index in [9.17, 15) is 0 Å². The Bertz CT molecular complexity index is 570. The van der Waals surface area contributed by atoms with E-state index in [1.807, 2.05) is 11.3 Å². The number of rotatable bonds is 7. The highest BCUT2D eigenvalue weighted by Crippen LogP contribution is 2.30. The SMILES string of the molecule is CC(C)Cc1nc(-c2ccccc2)c(CCNC2CC2)s1. The molecule has 1 aliphatic rings. The monoisotopic (exact) mass is 300 g/mol. The van der Waals surface area contributed by atoms with Crippen molar-refractivity contribution in [3.8, 4) is 11.3 Å². The molecule has 112 valence electrons. The summed E-state index contributed by atoms with van der Waals surface area (Å²) in [5.74, 6) is 0.664. The zero-order valence-electron chi connectivity index (χ0n) is 12.9. The van der Waals surface area contributed by atoms with E-state index in [1.165, 1.54) is 34.0 Å². The minimum atomic E-state index is 0.664. The quantitative estimate of drug-likeness (QED) is 0.824. The van der Waals surface area contributed by atoms with Crippen LogP contribution in [0, 0.1) is 5.92 Å². The third kappa shape index (κ3) is 4.14. The molecule has 1 aromatic carbocycles. The average Bonchev–Trinajstić information content (AvgIpc) is 3.20. The topological polar surface area (TPSA) is 24.9 Å². The summed E-state index contributed by atoms with van der Waals surface area (Å²) >= 11 is 1.90. The predicted molar refractivity (Wildman–Crippen MR) is 90.8 cm³/mol. The van der Waals surface area contributed by atoms with Crippen LogP contribution in [0.1, 0.15) is 36.6 Å². The lowest BCUT2D eigenvalue weighted by molar-refractivity contribution is 0.645. The van der Waals surface area contributed by atoms with Crippen LogP contribution in [0.3, 0.4) is 0 Å². The van der Waals surface area contributed by atoms with Gasteiger partial charge in [0, 0.05) is 29.4 Å². The van der Waals surface area contributed by atoms with Gasteiger partial charge in [0.15, 0.2) is 0 Å². The van der Waals surface area contributed by atoms with Gasteiger partial charge in [0.25, 0.3) is 0 Å². The Labute approximate surface area is 131 Å². The standard InChI is InChI=1S/C18H24N2S/c1-13(2)12-17-20-18(14-6-4-3-5-7-14)16(21-17)10-11-19-15-8-9-15/h3-7,13,15,19H,8-12H2,1-2H3. The van der Waals surface area contributed by atoms with Crippen LogP contribution in [0.4, 0.5) is 0 Å². The molecule has 1 heterocycles. The van der Waals surface area contributed by atoms with Gasteiger partial charge in [-0.05, 0) is 25.2 Å². The Morgan fingerprint density at radius 3 is 2.67 bits per heavy atom. The van der Waals surface area contributed by atoms with E-state index in [1.54, 1.807) is 0 Å². The van der Waals surface area contributed by atoms with Crippen molar-refractivity contribution >= 4 is 11.3 Å². The molecule has 0 spiro atoms. The summed E-state index contributed by atoms with van der Waals surface area (Å²) < 4.78 is 0. The van der Waals surface area contributed by atoms with Gasteiger partial charge in [0.1, 0.15) is 0 Å². The highest BCUT2D eigenvalue weighted by molar-refractivity contribution is 7.12. The van der Waals surface area contributed by atoms with E-state index in [-0.39, 0.29) is 0 Å². The smallest absolute Gasteiger partial charge is 0.0938 e. The molecule has 3 rings (SSSR count). The number of nitrogens with zero attached hydrogens (tertiary/aromatic N) is 1. The van der Waals surface area contributed by atoms with Gasteiger partial charge in [0.05, 0.1) is 10.7 Å². The molecule has 0 bridgehead atoms. The first-order chi connectivity index (χ1) is 10.2. The molecule has 3 heteroatoms. The van der Waals surface area contributed by atoms with Crippen LogP contribution in [0.2, 0.25) is 0 Å². The van der Waals surface area contributed by atoms with E-state index in [0.717, 1.165) is 25.4 Å². The predicted octanol–water partition coefficient (Wildman–Crippen LogP) is 4.30. The van der Waals surface area contributed by atoms with Gasteiger partial charge in [-0.15, -0.1) is 11.3 Å². The Morgan fingerprint density at radius 1 is 1.24 bits per heavy atom. The molecule has 1 N–H and O–H groups in total. The fraction of sp³-hybridized carbons (Fsp3) is 0.500. The van der Waals surface area contributed by atoms with Crippen molar-refractivity contribution in [2.75, 3.05) is 6.54 Å². The van der Waals surface area contributed by atoms with Gasteiger partial charge in [-0.2, -0.15) is 0 Å². The number of nitrogens with one attached hydrogen (secondary N) is 1. The zero-order chi connectivity index (χ0) is 14.7. The summed E-state index contributed by atoms with van der Waals surface area (Å²) in [6.07, 6.45) is 4.89. The highest BCUT2D eigenvalue weighted by atomic mass is 32.1. The van der Waals surface area contributed by atoms with E-state index in [0.29, 0.717) is 5.92 Å². The number of aromatic nitrogens is 1. The van der Waals surface area contributed by atoms with Gasteiger partial charge < -0.3 is 5.32 Å². The minimum Gasteiger partial charge on any atom is -0.314 e. The first-order valence-electron chi connectivity index (χ1n) is 7.99. The van der Waals surface area contributed by atoms with Crippen molar-refractivity contribution in [1.82, 2.24) is 10.3 Å². The molecule has 0 unspecified atom stereocenters. The zero-order valence-corrected chi connectivity index (χ0v) is 13.7. The molecule has 1 fully saturated rings. The second kappa shape index (κ2) is 6.71. The van der Waals surface area contributed by atoms with Crippen molar-refractivity contribution in [1.29, 1.82) is 0 Å². The number of benzene rings is 1. The first-order valence-corrected chi connectivity index (χ1v) is 8.81. The molecular weight excluding hydrogens is 276 g/mol. The molecule has 0 aliphatic heterocycles. The lowest BCUT2D eigenvalue weighted by Crippen LogP contribution is -2.19. The van der Waals surface area contributed by atoms with E-state index in [2.05, 4.69) is 49.5 Å². The first kappa shape index (κ1) is 14.7. The molecule has 1 aliphatic carbocycles. The fourth-order valence-corrected chi connectivity index (χ4v) is 3.81. The van der Waals surface area contributed by atoms with Crippen molar-refractivity contribution in [2.45, 2.75) is 45.6 Å². The average molecular weight is 300 g/mol. The van der Waals surface area contributed by atoms with Crippen LogP contribution in [0.5, 0.6) is 0 Å². The molecule has 1 aromatic heterocycles. The Balaban J connectivity index is 1.78. The molecule has 0 atom stereocenters. The van der Waals surface area contributed by atoms with Crippen LogP contribution in [-0.4, -0.2) is 17.6 Å². The molecule has 1 saturated carbocycles. The van der Waals surface area contributed by atoms with Crippen molar-refractivity contribution in [3.63, 3.8) is 0 Å². The van der Waals surface area contributed by atoms with Crippen molar-refractivity contribution < 1.29 is 0 Å². The van der Waals surface area contributed by atoms with Gasteiger partial charge in [-0.1, -0.05) is 44.2 Å². The van der Waals surface area contributed by atoms with Crippen molar-refractivity contribution in [3.05, 3.63) is 40.2 Å². The maximum absolute atomic E-state index is 4.92. The Kier molecular flexibility index (Phi) is 4.71. The molecule has 2 aromatic rings. The summed E-state index contributed by atoms with van der Waals surface area (Å²) in [5.41, 5.74) is 2.46. The number of hydrogen-bond acceptors (Lipinski definition) is 3. The molecule has 21 heavy (non-hydrogen) atoms. The van der Waals surface area contributed by atoms with Crippen molar-refractivity contribution in [2.24, 2.45) is 5.92 Å². The summed E-state index contributed by atoms with van der Waals surface area (Å²) in [4.78, 5) is 6.36. The maximum Gasteiger partial charge on any atom is 0.0938 e. The molecule has 0 amide bonds. The maximum atomic E-state index is 4.92. The van der Waals surface area contributed by atoms with E-state index < -0.39 is 0 Å². The van der Waals surface area contributed by atoms with Crippen LogP contribution in [0.25, 0.3) is 11.3 Å². The molecular formula is C18H24N2S. The third-order valence-electron chi connectivity index (χ3n) is 3.73. The van der Waals surface area contributed by atoms with Crippen LogP contribution in [-0.2, 0) is 12.8 Å². The third-order valence-corrected chi connectivity index (χ3v) is 4.87. The van der Waals surface area contributed by atoms with Gasteiger partial charge in [-0.3, -0.25) is 0 Å². The fourth-order valence-electron chi connectivity index (χ4n) is 2.51. The normalized spacial score (nSPS) is 14.8. The molecule has 0 saturated heterocycles. The Hall–Kier alpha value is -1.19. The number of thiazole rings is 1. The van der Waals surface area contributed by atoms with E-state index >= 15 is 0 Å². The second-order valence-electron chi connectivity index (χ2n) is 6.32. The van der Waals surface area contributed by atoms with E-state index in [4.69, 9.17) is 4.98 Å². The minimum absolute atomic E-state index is 0.664. The Morgan fingerprint density at radius 2 is 2.00 bits per heavy atom. The second-order valence-corrected chi connectivity index (χ2v) is 7.49. The van der Waals surface area contributed by atoms with Gasteiger partial charge >= 0.3 is 0 Å². The largest absolute Gasteiger partial charge is 0.314 e. The number of hydrogen-bond donors (Lipinski definition) is 1. The van der Waals surface area contributed by atoms with Crippen LogP contribution in [0.15, 0.2) is 30.3 Å². The molecule has 2 nitrogen and oxygen atoms in total. The lowest BCUT2D eigenvalue weighted by Gasteiger charge is -2.03. The summed E-state index contributed by atoms with van der Waals surface area (Å²) in [6.45, 7) is 5.60. The van der Waals surface area contributed by atoms with Gasteiger partial charge in [-0.25, -0.2) is 4.98 Å². The molecule has 0 radical (unpaired) electrons. The summed E-state index contributed by atoms with van der Waals surface area (Å²) in [5, 5.41) is 4.90. The van der Waals surface area contributed by atoms with Crippen LogP contribution < -0.4 is 5.32 Å². The summed E-state index contributed by atoms with van der Waals surface area (Å²) in [7, 11) is 0.